The average molecular weight is 385 g/mol. The van der Waals surface area contributed by atoms with Crippen molar-refractivity contribution in [2.75, 3.05) is 13.7 Å². The molecule has 148 valence electrons. The SMILES string of the molecule is COC(=O)[C@@H](O)CC(=O)OC[C@H]1O[C@@H]([n+]2cccc(C(N)=O)c2)[C@H](O)[C@@H]1O. The number of carbonyl (C=O) groups excluding carboxylic acids is 3. The first-order valence-electron chi connectivity index (χ1n) is 7.98. The number of amides is 1. The minimum absolute atomic E-state index is 0.175. The van der Waals surface area contributed by atoms with Crippen LogP contribution in [0.25, 0.3) is 0 Å². The first-order chi connectivity index (χ1) is 12.7. The number of rotatable bonds is 7. The first-order valence-corrected chi connectivity index (χ1v) is 7.98. The van der Waals surface area contributed by atoms with Gasteiger partial charge in [0.1, 0.15) is 24.4 Å². The number of hydrogen-bond donors (Lipinski definition) is 4. The van der Waals surface area contributed by atoms with Crippen LogP contribution in [-0.4, -0.2) is 71.3 Å². The highest BCUT2D eigenvalue weighted by molar-refractivity contribution is 5.92. The van der Waals surface area contributed by atoms with Gasteiger partial charge in [-0.05, 0) is 6.07 Å². The summed E-state index contributed by atoms with van der Waals surface area (Å²) >= 11 is 0. The summed E-state index contributed by atoms with van der Waals surface area (Å²) < 4.78 is 16.0. The van der Waals surface area contributed by atoms with E-state index in [4.69, 9.17) is 15.2 Å². The molecule has 11 nitrogen and oxygen atoms in total. The summed E-state index contributed by atoms with van der Waals surface area (Å²) in [5.41, 5.74) is 5.38. The Labute approximate surface area is 153 Å². The second-order valence-corrected chi connectivity index (χ2v) is 5.88. The molecule has 0 saturated carbocycles. The smallest absolute Gasteiger partial charge is 0.335 e. The molecule has 1 saturated heterocycles. The van der Waals surface area contributed by atoms with E-state index in [1.165, 1.54) is 29.1 Å². The van der Waals surface area contributed by atoms with Crippen molar-refractivity contribution in [3.63, 3.8) is 0 Å². The number of methoxy groups -OCH3 is 1. The second-order valence-electron chi connectivity index (χ2n) is 5.88. The van der Waals surface area contributed by atoms with Crippen molar-refractivity contribution in [2.45, 2.75) is 37.1 Å². The van der Waals surface area contributed by atoms with Gasteiger partial charge in [-0.25, -0.2) is 4.79 Å². The highest BCUT2D eigenvalue weighted by atomic mass is 16.6. The van der Waals surface area contributed by atoms with Gasteiger partial charge in [-0.15, -0.1) is 0 Å². The Hall–Kier alpha value is -2.60. The summed E-state index contributed by atoms with van der Waals surface area (Å²) in [5, 5.41) is 29.7. The molecule has 1 fully saturated rings. The van der Waals surface area contributed by atoms with E-state index in [0.29, 0.717) is 0 Å². The van der Waals surface area contributed by atoms with Gasteiger partial charge in [0.25, 0.3) is 12.1 Å². The Kier molecular flexibility index (Phi) is 6.80. The van der Waals surface area contributed by atoms with Crippen LogP contribution in [0.1, 0.15) is 23.0 Å². The number of ether oxygens (including phenoxy) is 3. The van der Waals surface area contributed by atoms with E-state index >= 15 is 0 Å². The van der Waals surface area contributed by atoms with Gasteiger partial charge in [-0.3, -0.25) is 9.59 Å². The molecule has 2 heterocycles. The molecule has 1 aliphatic heterocycles. The molecule has 0 radical (unpaired) electrons. The predicted octanol–water partition coefficient (Wildman–Crippen LogP) is -2.84. The minimum atomic E-state index is -1.66. The van der Waals surface area contributed by atoms with E-state index in [9.17, 15) is 29.7 Å². The summed E-state index contributed by atoms with van der Waals surface area (Å²) in [6, 6.07) is 2.99. The van der Waals surface area contributed by atoms with Crippen molar-refractivity contribution in [2.24, 2.45) is 5.73 Å². The Morgan fingerprint density at radius 3 is 2.67 bits per heavy atom. The highest BCUT2D eigenvalue weighted by Gasteiger charge is 2.48. The second kappa shape index (κ2) is 8.86. The molecule has 1 aromatic rings. The zero-order valence-corrected chi connectivity index (χ0v) is 14.4. The molecule has 27 heavy (non-hydrogen) atoms. The van der Waals surface area contributed by atoms with Crippen LogP contribution < -0.4 is 10.3 Å². The molecule has 1 aromatic heterocycles. The molecule has 2 rings (SSSR count). The molecule has 5 N–H and O–H groups in total. The fourth-order valence-corrected chi connectivity index (χ4v) is 2.52. The van der Waals surface area contributed by atoms with Gasteiger partial charge < -0.3 is 35.3 Å². The fraction of sp³-hybridized carbons (Fsp3) is 0.500. The van der Waals surface area contributed by atoms with E-state index in [0.717, 1.165) is 7.11 Å². The molecule has 0 spiro atoms. The quantitative estimate of drug-likeness (QED) is 0.285. The molecule has 0 aliphatic carbocycles. The molecular weight excluding hydrogens is 364 g/mol. The summed E-state index contributed by atoms with van der Waals surface area (Å²) in [7, 11) is 1.06. The predicted molar refractivity (Wildman–Crippen MR) is 84.7 cm³/mol. The van der Waals surface area contributed by atoms with Crippen molar-refractivity contribution in [3.05, 3.63) is 30.1 Å². The first kappa shape index (κ1) is 20.7. The van der Waals surface area contributed by atoms with Crippen molar-refractivity contribution >= 4 is 17.8 Å². The Morgan fingerprint density at radius 1 is 1.33 bits per heavy atom. The van der Waals surface area contributed by atoms with Crippen LogP contribution in [0, 0.1) is 0 Å². The zero-order chi connectivity index (χ0) is 20.1. The third-order valence-electron chi connectivity index (χ3n) is 3.98. The zero-order valence-electron chi connectivity index (χ0n) is 14.4. The third-order valence-corrected chi connectivity index (χ3v) is 3.98. The molecule has 11 heteroatoms. The van der Waals surface area contributed by atoms with Gasteiger partial charge in [-0.1, -0.05) is 0 Å². The van der Waals surface area contributed by atoms with Gasteiger partial charge in [0.2, 0.25) is 0 Å². The van der Waals surface area contributed by atoms with Crippen LogP contribution in [0.4, 0.5) is 0 Å². The van der Waals surface area contributed by atoms with Crippen molar-refractivity contribution in [1.29, 1.82) is 0 Å². The summed E-state index contributed by atoms with van der Waals surface area (Å²) in [4.78, 5) is 34.0. The molecule has 0 bridgehead atoms. The average Bonchev–Trinajstić information content (AvgIpc) is 2.94. The monoisotopic (exact) mass is 385 g/mol. The third kappa shape index (κ3) is 4.98. The lowest BCUT2D eigenvalue weighted by Crippen LogP contribution is -2.46. The van der Waals surface area contributed by atoms with E-state index in [1.54, 1.807) is 0 Å². The number of aliphatic hydroxyl groups excluding tert-OH is 3. The molecule has 0 aromatic carbocycles. The van der Waals surface area contributed by atoms with Crippen LogP contribution in [0.5, 0.6) is 0 Å². The highest BCUT2D eigenvalue weighted by Crippen LogP contribution is 2.25. The van der Waals surface area contributed by atoms with Gasteiger partial charge in [-0.2, -0.15) is 4.57 Å². The summed E-state index contributed by atoms with van der Waals surface area (Å²) in [6.07, 6.45) is -4.27. The number of pyridine rings is 1. The molecule has 1 amide bonds. The van der Waals surface area contributed by atoms with Gasteiger partial charge >= 0.3 is 11.9 Å². The van der Waals surface area contributed by atoms with Crippen molar-refractivity contribution < 1.29 is 48.5 Å². The van der Waals surface area contributed by atoms with Crippen molar-refractivity contribution in [1.82, 2.24) is 0 Å². The van der Waals surface area contributed by atoms with E-state index < -0.39 is 61.5 Å². The van der Waals surface area contributed by atoms with Crippen LogP contribution in [-0.2, 0) is 23.8 Å². The summed E-state index contributed by atoms with van der Waals surface area (Å²) in [5.74, 6) is -2.57. The fourth-order valence-electron chi connectivity index (χ4n) is 2.52. The largest absolute Gasteiger partial charge is 0.467 e. The normalized spacial score (nSPS) is 25.6. The van der Waals surface area contributed by atoms with Crippen molar-refractivity contribution in [3.8, 4) is 0 Å². The molecule has 5 atom stereocenters. The number of aromatic nitrogens is 1. The number of nitrogens with zero attached hydrogens (tertiary/aromatic N) is 1. The number of nitrogens with two attached hydrogens (primary N) is 1. The maximum Gasteiger partial charge on any atom is 0.335 e. The standard InChI is InChI=1S/C16H20N2O9/c1-25-16(24)9(19)5-11(20)26-7-10-12(21)13(22)15(27-10)18-4-2-3-8(6-18)14(17)23/h2-4,6,9-10,12-13,15,19,21-22H,5,7H2,1H3,(H-,17,23)/p+1/t9-,10+,12+,13+,15+/m0/s1. The van der Waals surface area contributed by atoms with Gasteiger partial charge in [0.15, 0.2) is 24.6 Å². The lowest BCUT2D eigenvalue weighted by Gasteiger charge is -2.14. The number of esters is 2. The number of hydrogen-bond acceptors (Lipinski definition) is 9. The van der Waals surface area contributed by atoms with Gasteiger partial charge in [0.05, 0.1) is 13.5 Å². The maximum absolute atomic E-state index is 11.6. The molecular formula is C16H21N2O9+. The Bertz CT molecular complexity index is 711. The van der Waals surface area contributed by atoms with Crippen LogP contribution in [0.2, 0.25) is 0 Å². The van der Waals surface area contributed by atoms with E-state index in [2.05, 4.69) is 4.74 Å². The topological polar surface area (TPSA) is 169 Å². The lowest BCUT2D eigenvalue weighted by atomic mass is 10.1. The Balaban J connectivity index is 1.96. The van der Waals surface area contributed by atoms with E-state index in [1.807, 2.05) is 0 Å². The Morgan fingerprint density at radius 2 is 2.04 bits per heavy atom. The number of aliphatic hydroxyl groups is 3. The van der Waals surface area contributed by atoms with Crippen LogP contribution in [0.15, 0.2) is 24.5 Å². The molecule has 0 unspecified atom stereocenters. The number of carbonyl (C=O) groups is 3. The van der Waals surface area contributed by atoms with Gasteiger partial charge in [0, 0.05) is 6.07 Å². The maximum atomic E-state index is 11.6. The van der Waals surface area contributed by atoms with E-state index in [-0.39, 0.29) is 5.56 Å². The number of primary amides is 1. The van der Waals surface area contributed by atoms with Crippen LogP contribution in [0.3, 0.4) is 0 Å². The minimum Gasteiger partial charge on any atom is -0.467 e. The summed E-state index contributed by atoms with van der Waals surface area (Å²) in [6.45, 7) is -0.419. The molecule has 1 aliphatic rings. The van der Waals surface area contributed by atoms with Crippen LogP contribution >= 0.6 is 0 Å². The lowest BCUT2D eigenvalue weighted by molar-refractivity contribution is -0.765.